The monoisotopic (exact) mass is 450 g/mol. The number of thioether (sulfide) groups is 1. The number of halogens is 3. The zero-order valence-corrected chi connectivity index (χ0v) is 17.4. The van der Waals surface area contributed by atoms with Gasteiger partial charge in [0, 0.05) is 24.1 Å². The van der Waals surface area contributed by atoms with E-state index in [0.717, 1.165) is 17.8 Å². The van der Waals surface area contributed by atoms with Crippen LogP contribution in [0.3, 0.4) is 0 Å². The van der Waals surface area contributed by atoms with E-state index >= 15 is 0 Å². The fourth-order valence-electron chi connectivity index (χ4n) is 4.03. The zero-order chi connectivity index (χ0) is 21.8. The third-order valence-electron chi connectivity index (χ3n) is 5.65. The van der Waals surface area contributed by atoms with Gasteiger partial charge in [-0.2, -0.15) is 0 Å². The highest BCUT2D eigenvalue weighted by atomic mass is 35.5. The number of carbonyl (C=O) groups excluding carboxylic acids is 2. The molecule has 0 unspecified atom stereocenters. The van der Waals surface area contributed by atoms with Gasteiger partial charge in [0.15, 0.2) is 22.6 Å². The number of fused-ring (bicyclic) bond motifs is 1. The normalized spacial score (nSPS) is 27.2. The van der Waals surface area contributed by atoms with Gasteiger partial charge in [0.05, 0.1) is 10.6 Å². The number of nitrogens with zero attached hydrogens (tertiary/aromatic N) is 2. The van der Waals surface area contributed by atoms with Crippen molar-refractivity contribution in [2.24, 2.45) is 22.4 Å². The molecule has 10 heteroatoms. The molecule has 1 fully saturated rings. The lowest BCUT2D eigenvalue weighted by Gasteiger charge is -2.33. The van der Waals surface area contributed by atoms with E-state index in [1.54, 1.807) is 6.92 Å². The lowest BCUT2D eigenvalue weighted by Crippen LogP contribution is -2.42. The Labute approximate surface area is 180 Å². The number of hydrogen-bond acceptors (Lipinski definition) is 6. The average Bonchev–Trinajstić information content (AvgIpc) is 3.42. The van der Waals surface area contributed by atoms with E-state index in [-0.39, 0.29) is 34.2 Å². The van der Waals surface area contributed by atoms with Crippen molar-refractivity contribution >= 4 is 40.2 Å². The van der Waals surface area contributed by atoms with Gasteiger partial charge in [-0.1, -0.05) is 23.4 Å². The van der Waals surface area contributed by atoms with Gasteiger partial charge in [0.1, 0.15) is 10.4 Å². The van der Waals surface area contributed by atoms with Crippen LogP contribution in [0.1, 0.15) is 35.0 Å². The second-order valence-corrected chi connectivity index (χ2v) is 9.40. The Morgan fingerprint density at radius 2 is 2.07 bits per heavy atom. The molecule has 1 saturated carbocycles. The van der Waals surface area contributed by atoms with Crippen molar-refractivity contribution in [3.05, 3.63) is 63.9 Å². The molecule has 1 aliphatic carbocycles. The number of Topliss-reactive ketones (excluding diaryl/α,β-unsaturated/α-hetero) is 1. The smallest absolute Gasteiger partial charge is 0.234 e. The Balaban J connectivity index is 1.72. The molecule has 1 aromatic carbocycles. The molecule has 4 rings (SSSR count). The molecule has 6 nitrogen and oxygen atoms in total. The molecule has 0 bridgehead atoms. The Bertz CT molecular complexity index is 1110. The quantitative estimate of drug-likeness (QED) is 0.680. The molecule has 0 spiro atoms. The first-order valence-corrected chi connectivity index (χ1v) is 10.2. The number of amidine groups is 1. The standard InChI is InChI=1S/C20H17ClF2N4O2S/c1-19(15-7-20(15,17(24)29)30-18(25)27-19)11-4-9(5-12(22)16(11)23)6-14(28)13-3-2-10(21)8-26-13/h2-5,8,15H,6-7H2,1H3,(H2,24,29)(H2,25,27)/t15-,19+,20-/m0/s1. The van der Waals surface area contributed by atoms with Crippen LogP contribution in [0.15, 0.2) is 35.5 Å². The highest BCUT2D eigenvalue weighted by Crippen LogP contribution is 2.65. The number of rotatable bonds is 5. The number of aliphatic imine (C=N–C) groups is 1. The lowest BCUT2D eigenvalue weighted by molar-refractivity contribution is -0.118. The Morgan fingerprint density at radius 1 is 1.33 bits per heavy atom. The topological polar surface area (TPSA) is 111 Å². The summed E-state index contributed by atoms with van der Waals surface area (Å²) in [6, 6.07) is 5.34. The molecule has 1 aromatic heterocycles. The van der Waals surface area contributed by atoms with Gasteiger partial charge in [0.2, 0.25) is 5.91 Å². The zero-order valence-electron chi connectivity index (χ0n) is 15.8. The van der Waals surface area contributed by atoms with Crippen molar-refractivity contribution in [2.45, 2.75) is 30.1 Å². The number of pyridine rings is 1. The highest BCUT2D eigenvalue weighted by Gasteiger charge is 2.70. The van der Waals surface area contributed by atoms with Gasteiger partial charge < -0.3 is 11.5 Å². The van der Waals surface area contributed by atoms with Gasteiger partial charge in [-0.05, 0) is 43.2 Å². The predicted molar refractivity (Wildman–Crippen MR) is 110 cm³/mol. The van der Waals surface area contributed by atoms with Crippen LogP contribution in [-0.2, 0) is 16.8 Å². The van der Waals surface area contributed by atoms with E-state index in [0.29, 0.717) is 11.4 Å². The Hall–Kier alpha value is -2.52. The van der Waals surface area contributed by atoms with Crippen molar-refractivity contribution in [1.29, 1.82) is 0 Å². The molecule has 4 N–H and O–H groups in total. The van der Waals surface area contributed by atoms with Crippen LogP contribution in [0.2, 0.25) is 5.02 Å². The number of amides is 1. The van der Waals surface area contributed by atoms with Crippen molar-refractivity contribution in [2.75, 3.05) is 0 Å². The van der Waals surface area contributed by atoms with Crippen LogP contribution in [0.4, 0.5) is 8.78 Å². The maximum absolute atomic E-state index is 14.8. The molecule has 1 aliphatic heterocycles. The van der Waals surface area contributed by atoms with Gasteiger partial charge >= 0.3 is 0 Å². The van der Waals surface area contributed by atoms with Crippen molar-refractivity contribution in [3.8, 4) is 0 Å². The molecule has 3 atom stereocenters. The van der Waals surface area contributed by atoms with E-state index < -0.39 is 33.7 Å². The van der Waals surface area contributed by atoms with Crippen LogP contribution < -0.4 is 11.5 Å². The van der Waals surface area contributed by atoms with Gasteiger partial charge in [-0.15, -0.1) is 0 Å². The summed E-state index contributed by atoms with van der Waals surface area (Å²) < 4.78 is 28.3. The maximum Gasteiger partial charge on any atom is 0.234 e. The minimum absolute atomic E-state index is 0.0641. The minimum Gasteiger partial charge on any atom is -0.378 e. The molecule has 2 aliphatic rings. The molecular weight excluding hydrogens is 434 g/mol. The summed E-state index contributed by atoms with van der Waals surface area (Å²) >= 11 is 6.83. The molecule has 0 radical (unpaired) electrons. The minimum atomic E-state index is -1.28. The number of aromatic nitrogens is 1. The molecule has 1 amide bonds. The number of hydrogen-bond donors (Lipinski definition) is 2. The van der Waals surface area contributed by atoms with Crippen LogP contribution in [0.5, 0.6) is 0 Å². The molecule has 30 heavy (non-hydrogen) atoms. The van der Waals surface area contributed by atoms with Gasteiger partial charge in [0.25, 0.3) is 0 Å². The summed E-state index contributed by atoms with van der Waals surface area (Å²) in [7, 11) is 0. The molecular formula is C20H17ClF2N4O2S. The third kappa shape index (κ3) is 3.26. The first-order valence-electron chi connectivity index (χ1n) is 9.04. The van der Waals surface area contributed by atoms with E-state index in [4.69, 9.17) is 23.1 Å². The molecule has 0 saturated heterocycles. The molecule has 2 heterocycles. The number of nitrogens with two attached hydrogens (primary N) is 2. The fourth-order valence-corrected chi connectivity index (χ4v) is 5.47. The summed E-state index contributed by atoms with van der Waals surface area (Å²) in [6.45, 7) is 1.60. The second-order valence-electron chi connectivity index (χ2n) is 7.61. The SMILES string of the molecule is C[C@]1(c2cc(CC(=O)c3ccc(Cl)cn3)cc(F)c2F)N=C(N)S[C@@]2(C(N)=O)C[C@H]21. The van der Waals surface area contributed by atoms with Crippen molar-refractivity contribution in [3.63, 3.8) is 0 Å². The van der Waals surface area contributed by atoms with Crippen LogP contribution in [-0.4, -0.2) is 26.6 Å². The molecule has 2 aromatic rings. The van der Waals surface area contributed by atoms with Crippen molar-refractivity contribution in [1.82, 2.24) is 4.98 Å². The Morgan fingerprint density at radius 3 is 2.70 bits per heavy atom. The van der Waals surface area contributed by atoms with Crippen LogP contribution in [0.25, 0.3) is 0 Å². The fraction of sp³-hybridized carbons (Fsp3) is 0.300. The lowest BCUT2D eigenvalue weighted by atomic mass is 9.84. The van der Waals surface area contributed by atoms with Gasteiger partial charge in [-0.3, -0.25) is 19.6 Å². The summed E-state index contributed by atoms with van der Waals surface area (Å²) in [4.78, 5) is 32.8. The first-order chi connectivity index (χ1) is 14.1. The van der Waals surface area contributed by atoms with E-state index in [2.05, 4.69) is 9.98 Å². The first kappa shape index (κ1) is 20.7. The second kappa shape index (κ2) is 7.02. The number of ketones is 1. The summed E-state index contributed by atoms with van der Waals surface area (Å²) in [6.07, 6.45) is 1.49. The number of benzene rings is 1. The van der Waals surface area contributed by atoms with Crippen molar-refractivity contribution < 1.29 is 18.4 Å². The molecule has 156 valence electrons. The summed E-state index contributed by atoms with van der Waals surface area (Å²) in [5.41, 5.74) is 10.5. The van der Waals surface area contributed by atoms with E-state index in [9.17, 15) is 18.4 Å². The number of carbonyl (C=O) groups is 2. The third-order valence-corrected chi connectivity index (χ3v) is 7.19. The summed E-state index contributed by atoms with van der Waals surface area (Å²) in [5.74, 6) is -3.58. The van der Waals surface area contributed by atoms with Crippen LogP contribution >= 0.6 is 23.4 Å². The summed E-state index contributed by atoms with van der Waals surface area (Å²) in [5, 5.41) is 0.458. The van der Waals surface area contributed by atoms with E-state index in [1.807, 2.05) is 0 Å². The number of primary amides is 1. The predicted octanol–water partition coefficient (Wildman–Crippen LogP) is 2.96. The van der Waals surface area contributed by atoms with Crippen LogP contribution in [0, 0.1) is 17.6 Å². The average molecular weight is 451 g/mol. The van der Waals surface area contributed by atoms with Gasteiger partial charge in [-0.25, -0.2) is 8.78 Å². The maximum atomic E-state index is 14.8. The Kier molecular flexibility index (Phi) is 4.85. The highest BCUT2D eigenvalue weighted by molar-refractivity contribution is 8.15. The van der Waals surface area contributed by atoms with E-state index in [1.165, 1.54) is 24.4 Å². The largest absolute Gasteiger partial charge is 0.378 e.